The number of aromatic nitrogens is 1. The van der Waals surface area contributed by atoms with Gasteiger partial charge in [-0.3, -0.25) is 4.98 Å². The zero-order valence-corrected chi connectivity index (χ0v) is 10.5. The van der Waals surface area contributed by atoms with Crippen LogP contribution < -0.4 is 10.1 Å². The van der Waals surface area contributed by atoms with Gasteiger partial charge in [-0.1, -0.05) is 6.07 Å². The molecule has 1 aromatic heterocycles. The molecule has 17 heavy (non-hydrogen) atoms. The van der Waals surface area contributed by atoms with E-state index in [1.807, 2.05) is 37.4 Å². The van der Waals surface area contributed by atoms with Crippen molar-refractivity contribution >= 4 is 10.9 Å². The van der Waals surface area contributed by atoms with E-state index in [0.717, 1.165) is 16.7 Å². The van der Waals surface area contributed by atoms with Gasteiger partial charge in [0.25, 0.3) is 0 Å². The highest BCUT2D eigenvalue weighted by atomic mass is 16.5. The minimum atomic E-state index is 0.126. The Morgan fingerprint density at radius 3 is 2.82 bits per heavy atom. The van der Waals surface area contributed by atoms with Crippen LogP contribution in [0.4, 0.5) is 0 Å². The van der Waals surface area contributed by atoms with E-state index in [1.54, 1.807) is 6.20 Å². The van der Waals surface area contributed by atoms with E-state index >= 15 is 0 Å². The van der Waals surface area contributed by atoms with Gasteiger partial charge in [-0.2, -0.15) is 0 Å². The molecule has 1 N–H and O–H groups in total. The monoisotopic (exact) mass is 230 g/mol. The third-order valence-electron chi connectivity index (χ3n) is 3.06. The summed E-state index contributed by atoms with van der Waals surface area (Å²) >= 11 is 0. The molecule has 0 saturated carbocycles. The maximum absolute atomic E-state index is 5.87. The molecular weight excluding hydrogens is 212 g/mol. The first-order chi connectivity index (χ1) is 8.20. The number of rotatable bonds is 4. The predicted octanol–water partition coefficient (Wildman–Crippen LogP) is 2.61. The molecular formula is C14H18N2O. The van der Waals surface area contributed by atoms with Crippen molar-refractivity contribution in [2.24, 2.45) is 0 Å². The number of nitrogens with zero attached hydrogens (tertiary/aromatic N) is 1. The second-order valence-electron chi connectivity index (χ2n) is 4.26. The molecule has 0 radical (unpaired) electrons. The third kappa shape index (κ3) is 2.74. The molecule has 0 spiro atoms. The van der Waals surface area contributed by atoms with Gasteiger partial charge in [0.05, 0.1) is 5.52 Å². The fraction of sp³-hybridized carbons (Fsp3) is 0.357. The molecule has 0 saturated heterocycles. The third-order valence-corrected chi connectivity index (χ3v) is 3.06. The zero-order valence-electron chi connectivity index (χ0n) is 10.5. The van der Waals surface area contributed by atoms with Crippen molar-refractivity contribution in [1.29, 1.82) is 0 Å². The summed E-state index contributed by atoms with van der Waals surface area (Å²) in [5.41, 5.74) is 0.967. The van der Waals surface area contributed by atoms with Gasteiger partial charge < -0.3 is 10.1 Å². The Bertz CT molecular complexity index is 498. The van der Waals surface area contributed by atoms with Crippen LogP contribution in [0.5, 0.6) is 5.75 Å². The number of fused-ring (bicyclic) bond motifs is 1. The van der Waals surface area contributed by atoms with Crippen LogP contribution in [0.15, 0.2) is 36.5 Å². The number of hydrogen-bond donors (Lipinski definition) is 1. The first-order valence-corrected chi connectivity index (χ1v) is 5.89. The van der Waals surface area contributed by atoms with Crippen LogP contribution in [0.25, 0.3) is 10.9 Å². The van der Waals surface area contributed by atoms with Crippen LogP contribution in [0.1, 0.15) is 13.8 Å². The standard InChI is InChI=1S/C14H18N2O/c1-10(15-3)11(2)17-13-7-6-12-5-4-8-16-14(12)9-13/h4-11,15H,1-3H3. The molecule has 2 aromatic rings. The van der Waals surface area contributed by atoms with Crippen molar-refractivity contribution < 1.29 is 4.74 Å². The van der Waals surface area contributed by atoms with Crippen LogP contribution >= 0.6 is 0 Å². The fourth-order valence-electron chi connectivity index (χ4n) is 1.67. The van der Waals surface area contributed by atoms with Crippen LogP contribution in [-0.2, 0) is 0 Å². The van der Waals surface area contributed by atoms with Crippen LogP contribution in [0.2, 0.25) is 0 Å². The van der Waals surface area contributed by atoms with Crippen molar-refractivity contribution in [3.8, 4) is 5.75 Å². The van der Waals surface area contributed by atoms with E-state index in [2.05, 4.69) is 24.1 Å². The number of hydrogen-bond acceptors (Lipinski definition) is 3. The highest BCUT2D eigenvalue weighted by Crippen LogP contribution is 2.20. The Morgan fingerprint density at radius 1 is 1.24 bits per heavy atom. The Balaban J connectivity index is 2.19. The molecule has 0 aliphatic heterocycles. The van der Waals surface area contributed by atoms with Gasteiger partial charge in [0.2, 0.25) is 0 Å². The van der Waals surface area contributed by atoms with Gasteiger partial charge in [-0.05, 0) is 39.1 Å². The molecule has 0 fully saturated rings. The van der Waals surface area contributed by atoms with Gasteiger partial charge in [0.15, 0.2) is 0 Å². The number of benzene rings is 1. The quantitative estimate of drug-likeness (QED) is 0.876. The average Bonchev–Trinajstić information content (AvgIpc) is 2.37. The Labute approximate surface area is 102 Å². The van der Waals surface area contributed by atoms with E-state index in [9.17, 15) is 0 Å². The minimum absolute atomic E-state index is 0.126. The lowest BCUT2D eigenvalue weighted by Gasteiger charge is -2.21. The number of nitrogens with one attached hydrogen (secondary N) is 1. The van der Waals surface area contributed by atoms with Crippen molar-refractivity contribution in [1.82, 2.24) is 10.3 Å². The van der Waals surface area contributed by atoms with E-state index in [-0.39, 0.29) is 6.10 Å². The van der Waals surface area contributed by atoms with Crippen LogP contribution in [0, 0.1) is 0 Å². The summed E-state index contributed by atoms with van der Waals surface area (Å²) in [5, 5.41) is 4.31. The molecule has 0 bridgehead atoms. The average molecular weight is 230 g/mol. The number of ether oxygens (including phenoxy) is 1. The second kappa shape index (κ2) is 5.15. The molecule has 2 rings (SSSR count). The van der Waals surface area contributed by atoms with E-state index in [1.165, 1.54) is 0 Å². The summed E-state index contributed by atoms with van der Waals surface area (Å²) in [5.74, 6) is 0.866. The van der Waals surface area contributed by atoms with Gasteiger partial charge >= 0.3 is 0 Å². The summed E-state index contributed by atoms with van der Waals surface area (Å²) in [6.45, 7) is 4.16. The van der Waals surface area contributed by atoms with Crippen molar-refractivity contribution in [3.63, 3.8) is 0 Å². The van der Waals surface area contributed by atoms with E-state index < -0.39 is 0 Å². The summed E-state index contributed by atoms with van der Waals surface area (Å²) in [6.07, 6.45) is 1.92. The van der Waals surface area contributed by atoms with Crippen molar-refractivity contribution in [2.75, 3.05) is 7.05 Å². The Morgan fingerprint density at radius 2 is 2.06 bits per heavy atom. The molecule has 90 valence electrons. The first kappa shape index (κ1) is 11.9. The maximum atomic E-state index is 5.87. The molecule has 2 atom stereocenters. The van der Waals surface area contributed by atoms with E-state index in [4.69, 9.17) is 4.74 Å². The van der Waals surface area contributed by atoms with E-state index in [0.29, 0.717) is 6.04 Å². The highest BCUT2D eigenvalue weighted by molar-refractivity contribution is 5.79. The molecule has 2 unspecified atom stereocenters. The van der Waals surface area contributed by atoms with Crippen molar-refractivity contribution in [2.45, 2.75) is 26.0 Å². The molecule has 0 aliphatic carbocycles. The summed E-state index contributed by atoms with van der Waals surface area (Å²) < 4.78 is 5.87. The Hall–Kier alpha value is -1.61. The van der Waals surface area contributed by atoms with Gasteiger partial charge in [-0.15, -0.1) is 0 Å². The van der Waals surface area contributed by atoms with Gasteiger partial charge in [0, 0.05) is 23.7 Å². The highest BCUT2D eigenvalue weighted by Gasteiger charge is 2.11. The summed E-state index contributed by atoms with van der Waals surface area (Å²) in [7, 11) is 1.94. The normalized spacial score (nSPS) is 14.5. The fourth-order valence-corrected chi connectivity index (χ4v) is 1.67. The van der Waals surface area contributed by atoms with Gasteiger partial charge in [-0.25, -0.2) is 0 Å². The largest absolute Gasteiger partial charge is 0.489 e. The van der Waals surface area contributed by atoms with Crippen molar-refractivity contribution in [3.05, 3.63) is 36.5 Å². The molecule has 1 aromatic carbocycles. The first-order valence-electron chi connectivity index (χ1n) is 5.89. The second-order valence-corrected chi connectivity index (χ2v) is 4.26. The lowest BCUT2D eigenvalue weighted by Crippen LogP contribution is -2.36. The zero-order chi connectivity index (χ0) is 12.3. The number of likely N-dealkylation sites (N-methyl/N-ethyl adjacent to an activating group) is 1. The smallest absolute Gasteiger partial charge is 0.121 e. The summed E-state index contributed by atoms with van der Waals surface area (Å²) in [6, 6.07) is 10.3. The summed E-state index contributed by atoms with van der Waals surface area (Å²) in [4.78, 5) is 4.32. The lowest BCUT2D eigenvalue weighted by atomic mass is 10.2. The minimum Gasteiger partial charge on any atom is -0.489 e. The molecule has 3 nitrogen and oxygen atoms in total. The molecule has 3 heteroatoms. The van der Waals surface area contributed by atoms with Crippen LogP contribution in [0.3, 0.4) is 0 Å². The number of pyridine rings is 1. The molecule has 1 heterocycles. The molecule has 0 amide bonds. The lowest BCUT2D eigenvalue weighted by molar-refractivity contribution is 0.183. The Kier molecular flexibility index (Phi) is 3.59. The SMILES string of the molecule is CNC(C)C(C)Oc1ccc2cccnc2c1. The molecule has 0 aliphatic rings. The predicted molar refractivity (Wildman–Crippen MR) is 70.4 cm³/mol. The van der Waals surface area contributed by atoms with Gasteiger partial charge in [0.1, 0.15) is 11.9 Å². The topological polar surface area (TPSA) is 34.1 Å². The van der Waals surface area contributed by atoms with Crippen LogP contribution in [-0.4, -0.2) is 24.2 Å². The maximum Gasteiger partial charge on any atom is 0.121 e.